The zero-order chi connectivity index (χ0) is 18.9. The van der Waals surface area contributed by atoms with Gasteiger partial charge in [-0.2, -0.15) is 0 Å². The molecule has 7 heteroatoms. The van der Waals surface area contributed by atoms with Crippen molar-refractivity contribution < 1.29 is 19.1 Å². The van der Waals surface area contributed by atoms with Crippen molar-refractivity contribution in [3.63, 3.8) is 0 Å². The summed E-state index contributed by atoms with van der Waals surface area (Å²) in [7, 11) is 0. The van der Waals surface area contributed by atoms with Crippen LogP contribution < -0.4 is 10.6 Å². The van der Waals surface area contributed by atoms with Gasteiger partial charge in [0.05, 0.1) is 0 Å². The molecular weight excluding hydrogens is 334 g/mol. The summed E-state index contributed by atoms with van der Waals surface area (Å²) in [5.74, 6) is 0.846. The summed E-state index contributed by atoms with van der Waals surface area (Å²) in [6.07, 6.45) is 8.14. The monoisotopic (exact) mass is 365 g/mol. The summed E-state index contributed by atoms with van der Waals surface area (Å²) in [5.41, 5.74) is 0. The first-order valence-corrected chi connectivity index (χ1v) is 9.65. The van der Waals surface area contributed by atoms with Crippen LogP contribution in [0.3, 0.4) is 0 Å². The number of carbonyl (C=O) groups excluding carboxylic acids is 3. The van der Waals surface area contributed by atoms with Crippen LogP contribution in [0.4, 0.5) is 4.79 Å². The number of amides is 3. The van der Waals surface area contributed by atoms with Gasteiger partial charge in [0, 0.05) is 31.3 Å². The molecule has 2 N–H and O–H groups in total. The maximum atomic E-state index is 11.7. The molecule has 1 aliphatic carbocycles. The molecular formula is C19H31N3O4. The van der Waals surface area contributed by atoms with E-state index in [0.717, 1.165) is 31.6 Å². The summed E-state index contributed by atoms with van der Waals surface area (Å²) in [6.45, 7) is 5.69. The van der Waals surface area contributed by atoms with E-state index in [1.807, 2.05) is 0 Å². The highest BCUT2D eigenvalue weighted by Crippen LogP contribution is 2.28. The lowest BCUT2D eigenvalue weighted by atomic mass is 9.80. The van der Waals surface area contributed by atoms with Gasteiger partial charge >= 0.3 is 6.09 Å². The highest BCUT2D eigenvalue weighted by Gasteiger charge is 2.25. The summed E-state index contributed by atoms with van der Waals surface area (Å²) in [5, 5.41) is 6.05. The van der Waals surface area contributed by atoms with Crippen LogP contribution in [-0.2, 0) is 14.3 Å². The fraction of sp³-hybridized carbons (Fsp3) is 0.737. The maximum absolute atomic E-state index is 11.7. The molecule has 26 heavy (non-hydrogen) atoms. The first kappa shape index (κ1) is 20.4. The SMILES string of the molecule is CC1CC[C@@H](C)C[C@H]1NCOC(=O)NCCCCCN1C(=O)C=CC1=O. The van der Waals surface area contributed by atoms with Gasteiger partial charge in [0.1, 0.15) is 6.73 Å². The van der Waals surface area contributed by atoms with Gasteiger partial charge in [-0.15, -0.1) is 0 Å². The van der Waals surface area contributed by atoms with Crippen molar-refractivity contribution in [1.82, 2.24) is 15.5 Å². The third-order valence-electron chi connectivity index (χ3n) is 5.24. The van der Waals surface area contributed by atoms with Crippen LogP contribution in [0, 0.1) is 11.8 Å². The van der Waals surface area contributed by atoms with Gasteiger partial charge in [-0.1, -0.05) is 20.3 Å². The lowest BCUT2D eigenvalue weighted by Crippen LogP contribution is -2.41. The van der Waals surface area contributed by atoms with Gasteiger partial charge in [0.25, 0.3) is 11.8 Å². The number of nitrogens with zero attached hydrogens (tertiary/aromatic N) is 1. The van der Waals surface area contributed by atoms with Crippen molar-refractivity contribution in [3.05, 3.63) is 12.2 Å². The Morgan fingerprint density at radius 1 is 1.15 bits per heavy atom. The van der Waals surface area contributed by atoms with Crippen LogP contribution in [-0.4, -0.2) is 48.7 Å². The van der Waals surface area contributed by atoms with Crippen molar-refractivity contribution in [3.8, 4) is 0 Å². The lowest BCUT2D eigenvalue weighted by molar-refractivity contribution is -0.136. The lowest BCUT2D eigenvalue weighted by Gasteiger charge is -2.33. The minimum atomic E-state index is -0.414. The smallest absolute Gasteiger partial charge is 0.408 e. The Morgan fingerprint density at radius 3 is 2.62 bits per heavy atom. The summed E-state index contributed by atoms with van der Waals surface area (Å²) in [4.78, 5) is 35.7. The molecule has 1 fully saturated rings. The second kappa shape index (κ2) is 10.3. The Balaban J connectivity index is 1.46. The Labute approximate surface area is 155 Å². The molecule has 0 bridgehead atoms. The number of hydrogen-bond acceptors (Lipinski definition) is 5. The summed E-state index contributed by atoms with van der Waals surface area (Å²) in [6, 6.07) is 0.414. The van der Waals surface area contributed by atoms with Crippen molar-refractivity contribution in [2.75, 3.05) is 19.8 Å². The molecule has 1 heterocycles. The van der Waals surface area contributed by atoms with Crippen LogP contribution >= 0.6 is 0 Å². The van der Waals surface area contributed by atoms with Crippen LogP contribution in [0.15, 0.2) is 12.2 Å². The highest BCUT2D eigenvalue weighted by atomic mass is 16.6. The van der Waals surface area contributed by atoms with Crippen molar-refractivity contribution >= 4 is 17.9 Å². The molecule has 3 atom stereocenters. The number of alkyl carbamates (subject to hydrolysis) is 1. The molecule has 0 aromatic heterocycles. The Hall–Kier alpha value is -1.89. The molecule has 1 aliphatic heterocycles. The van der Waals surface area contributed by atoms with E-state index in [-0.39, 0.29) is 18.5 Å². The molecule has 0 aromatic carbocycles. The van der Waals surface area contributed by atoms with E-state index in [9.17, 15) is 14.4 Å². The predicted octanol–water partition coefficient (Wildman–Crippen LogP) is 2.18. The molecule has 3 amide bonds. The van der Waals surface area contributed by atoms with E-state index in [2.05, 4.69) is 24.5 Å². The quantitative estimate of drug-likeness (QED) is 0.371. The largest absolute Gasteiger partial charge is 0.434 e. The normalized spacial score (nSPS) is 25.6. The Kier molecular flexibility index (Phi) is 8.09. The minimum absolute atomic E-state index is 0.236. The second-order valence-corrected chi connectivity index (χ2v) is 7.43. The van der Waals surface area contributed by atoms with Crippen LogP contribution in [0.5, 0.6) is 0 Å². The van der Waals surface area contributed by atoms with E-state index in [1.54, 1.807) is 0 Å². The average molecular weight is 365 g/mol. The molecule has 0 radical (unpaired) electrons. The molecule has 0 saturated heterocycles. The Bertz CT molecular complexity index is 517. The molecule has 2 rings (SSSR count). The number of rotatable bonds is 9. The van der Waals surface area contributed by atoms with Crippen molar-refractivity contribution in [2.45, 2.75) is 58.4 Å². The first-order chi connectivity index (χ1) is 12.5. The first-order valence-electron chi connectivity index (χ1n) is 9.65. The molecule has 7 nitrogen and oxygen atoms in total. The molecule has 146 valence electrons. The number of ether oxygens (including phenoxy) is 1. The Morgan fingerprint density at radius 2 is 1.88 bits per heavy atom. The molecule has 0 spiro atoms. The van der Waals surface area contributed by atoms with E-state index in [4.69, 9.17) is 4.74 Å². The maximum Gasteiger partial charge on any atom is 0.408 e. The second-order valence-electron chi connectivity index (χ2n) is 7.43. The fourth-order valence-electron chi connectivity index (χ4n) is 3.50. The van der Waals surface area contributed by atoms with E-state index in [1.165, 1.54) is 29.9 Å². The van der Waals surface area contributed by atoms with E-state index in [0.29, 0.717) is 25.0 Å². The molecule has 1 unspecified atom stereocenters. The number of unbranched alkanes of at least 4 members (excludes halogenated alkanes) is 2. The van der Waals surface area contributed by atoms with Crippen LogP contribution in [0.1, 0.15) is 52.4 Å². The topological polar surface area (TPSA) is 87.7 Å². The average Bonchev–Trinajstić information content (AvgIpc) is 2.92. The van der Waals surface area contributed by atoms with Gasteiger partial charge in [-0.25, -0.2) is 4.79 Å². The third kappa shape index (κ3) is 6.44. The molecule has 1 saturated carbocycles. The molecule has 2 aliphatic rings. The standard InChI is InChI=1S/C19H31N3O4/c1-14-6-7-15(2)16(12-14)21-13-26-19(25)20-10-4-3-5-11-22-17(23)8-9-18(22)24/h8-9,14-16,21H,3-7,10-13H2,1-2H3,(H,20,25)/t14-,15?,16-/m1/s1. The predicted molar refractivity (Wildman–Crippen MR) is 98.2 cm³/mol. The third-order valence-corrected chi connectivity index (χ3v) is 5.24. The number of imide groups is 1. The van der Waals surface area contributed by atoms with Gasteiger partial charge in [-0.05, 0) is 43.9 Å². The van der Waals surface area contributed by atoms with E-state index < -0.39 is 6.09 Å². The van der Waals surface area contributed by atoms with Crippen LogP contribution in [0.25, 0.3) is 0 Å². The van der Waals surface area contributed by atoms with Crippen molar-refractivity contribution in [2.24, 2.45) is 11.8 Å². The van der Waals surface area contributed by atoms with Crippen LogP contribution in [0.2, 0.25) is 0 Å². The fourth-order valence-corrected chi connectivity index (χ4v) is 3.50. The number of hydrogen-bond donors (Lipinski definition) is 2. The zero-order valence-electron chi connectivity index (χ0n) is 15.8. The highest BCUT2D eigenvalue weighted by molar-refractivity contribution is 6.12. The number of nitrogens with one attached hydrogen (secondary N) is 2. The van der Waals surface area contributed by atoms with Gasteiger partial charge in [0.2, 0.25) is 0 Å². The van der Waals surface area contributed by atoms with Gasteiger partial charge in [0.15, 0.2) is 0 Å². The summed E-state index contributed by atoms with van der Waals surface area (Å²) >= 11 is 0. The summed E-state index contributed by atoms with van der Waals surface area (Å²) < 4.78 is 5.18. The van der Waals surface area contributed by atoms with Gasteiger partial charge < -0.3 is 10.1 Å². The van der Waals surface area contributed by atoms with Gasteiger partial charge in [-0.3, -0.25) is 19.8 Å². The van der Waals surface area contributed by atoms with E-state index >= 15 is 0 Å². The molecule has 0 aromatic rings. The number of carbonyl (C=O) groups is 3. The minimum Gasteiger partial charge on any atom is -0.434 e. The van der Waals surface area contributed by atoms with Crippen molar-refractivity contribution in [1.29, 1.82) is 0 Å². The zero-order valence-corrected chi connectivity index (χ0v) is 15.8.